The molecule has 1 aliphatic heterocycles. The van der Waals surface area contributed by atoms with E-state index in [4.69, 9.17) is 24.6 Å². The van der Waals surface area contributed by atoms with Gasteiger partial charge in [-0.05, 0) is 49.2 Å². The van der Waals surface area contributed by atoms with Crippen molar-refractivity contribution in [1.29, 1.82) is 5.26 Å². The number of fused-ring (bicyclic) bond motifs is 2. The first-order valence-corrected chi connectivity index (χ1v) is 10.8. The Bertz CT molecular complexity index is 1330. The molecule has 0 amide bonds. The Balaban J connectivity index is 1.38. The largest absolute Gasteiger partial charge is 0.492 e. The van der Waals surface area contributed by atoms with Crippen molar-refractivity contribution < 1.29 is 32.9 Å². The van der Waals surface area contributed by atoms with Gasteiger partial charge in [-0.1, -0.05) is 6.07 Å². The summed E-state index contributed by atoms with van der Waals surface area (Å²) in [5, 5.41) is 18.0. The van der Waals surface area contributed by atoms with Crippen molar-refractivity contribution in [3.05, 3.63) is 82.4 Å². The quantitative estimate of drug-likeness (QED) is 0.509. The molecule has 0 fully saturated rings. The van der Waals surface area contributed by atoms with Crippen LogP contribution in [0.3, 0.4) is 0 Å². The Labute approximate surface area is 193 Å². The van der Waals surface area contributed by atoms with Crippen LogP contribution in [0.15, 0.2) is 48.5 Å². The Morgan fingerprint density at radius 2 is 1.94 bits per heavy atom. The molecule has 0 spiro atoms. The average Bonchev–Trinajstić information content (AvgIpc) is 3.41. The molecule has 8 heteroatoms. The summed E-state index contributed by atoms with van der Waals surface area (Å²) in [5.74, 6) is -0.894. The summed E-state index contributed by atoms with van der Waals surface area (Å²) in [4.78, 5) is 11.0. The zero-order valence-corrected chi connectivity index (χ0v) is 17.9. The molecule has 0 aromatic heterocycles. The van der Waals surface area contributed by atoms with Crippen molar-refractivity contribution in [3.63, 3.8) is 0 Å². The maximum absolute atomic E-state index is 14.8. The SMILES string of the molecule is N#Cc1ccc(Oc2ccc(F)c3c2CCC3Oc2ccc3c(c2)OCC3CC(=O)O)c(F)c1. The minimum Gasteiger partial charge on any atom is -0.492 e. The number of hydrogen-bond donors (Lipinski definition) is 1. The van der Waals surface area contributed by atoms with E-state index in [-0.39, 0.29) is 23.7 Å². The van der Waals surface area contributed by atoms with Crippen LogP contribution >= 0.6 is 0 Å². The van der Waals surface area contributed by atoms with E-state index < -0.39 is 23.7 Å². The zero-order chi connectivity index (χ0) is 23.8. The van der Waals surface area contributed by atoms with Crippen molar-refractivity contribution >= 4 is 5.97 Å². The van der Waals surface area contributed by atoms with Gasteiger partial charge >= 0.3 is 5.97 Å². The van der Waals surface area contributed by atoms with Crippen LogP contribution < -0.4 is 14.2 Å². The van der Waals surface area contributed by atoms with E-state index in [0.717, 1.165) is 11.6 Å². The Morgan fingerprint density at radius 1 is 1.12 bits per heavy atom. The second kappa shape index (κ2) is 8.67. The molecule has 34 heavy (non-hydrogen) atoms. The fourth-order valence-electron chi connectivity index (χ4n) is 4.50. The van der Waals surface area contributed by atoms with Crippen LogP contribution in [-0.4, -0.2) is 17.7 Å². The van der Waals surface area contributed by atoms with Crippen LogP contribution in [0.5, 0.6) is 23.0 Å². The topological polar surface area (TPSA) is 88.8 Å². The first-order chi connectivity index (χ1) is 16.4. The van der Waals surface area contributed by atoms with Crippen LogP contribution in [0.4, 0.5) is 8.78 Å². The smallest absolute Gasteiger partial charge is 0.304 e. The van der Waals surface area contributed by atoms with Gasteiger partial charge < -0.3 is 19.3 Å². The molecule has 3 aromatic carbocycles. The molecule has 5 rings (SSSR count). The monoisotopic (exact) mass is 463 g/mol. The van der Waals surface area contributed by atoms with E-state index in [9.17, 15) is 13.6 Å². The number of carboxylic acids is 1. The Kier molecular flexibility index (Phi) is 5.54. The van der Waals surface area contributed by atoms with Crippen molar-refractivity contribution in [2.75, 3.05) is 6.61 Å². The molecule has 0 saturated carbocycles. The maximum atomic E-state index is 14.8. The zero-order valence-electron chi connectivity index (χ0n) is 17.9. The highest BCUT2D eigenvalue weighted by molar-refractivity contribution is 5.68. The summed E-state index contributed by atoms with van der Waals surface area (Å²) in [6, 6.07) is 13.7. The first-order valence-electron chi connectivity index (χ1n) is 10.8. The molecular formula is C26H19F2NO5. The van der Waals surface area contributed by atoms with Gasteiger partial charge in [0.1, 0.15) is 29.2 Å². The molecule has 172 valence electrons. The summed E-state index contributed by atoms with van der Waals surface area (Å²) in [6.07, 6.45) is 0.394. The maximum Gasteiger partial charge on any atom is 0.304 e. The van der Waals surface area contributed by atoms with Crippen LogP contribution in [-0.2, 0) is 11.2 Å². The van der Waals surface area contributed by atoms with E-state index in [1.165, 1.54) is 24.3 Å². The predicted octanol–water partition coefficient (Wildman–Crippen LogP) is 5.65. The lowest BCUT2D eigenvalue weighted by atomic mass is 9.98. The van der Waals surface area contributed by atoms with Gasteiger partial charge in [0.05, 0.1) is 24.7 Å². The van der Waals surface area contributed by atoms with Crippen LogP contribution in [0.1, 0.15) is 47.1 Å². The van der Waals surface area contributed by atoms with Gasteiger partial charge in [-0.25, -0.2) is 8.78 Å². The normalized spacial score (nSPS) is 17.9. The lowest BCUT2D eigenvalue weighted by Gasteiger charge is -2.17. The third-order valence-electron chi connectivity index (χ3n) is 6.08. The van der Waals surface area contributed by atoms with Crippen molar-refractivity contribution in [2.45, 2.75) is 31.3 Å². The predicted molar refractivity (Wildman–Crippen MR) is 116 cm³/mol. The summed E-state index contributed by atoms with van der Waals surface area (Å²) < 4.78 is 46.6. The summed E-state index contributed by atoms with van der Waals surface area (Å²) in [5.41, 5.74) is 1.95. The standard InChI is InChI=1S/C26H19F2NO5/c27-19-5-8-21(34-22-6-1-14(12-29)9-20(22)28)18-4-7-23(26(18)19)33-16-2-3-17-15(10-25(30)31)13-32-24(17)11-16/h1-3,5-6,8-9,11,15,23H,4,7,10,13H2,(H,30,31). The minimum absolute atomic E-state index is 0.0168. The van der Waals surface area contributed by atoms with E-state index in [0.29, 0.717) is 47.8 Å². The van der Waals surface area contributed by atoms with Gasteiger partial charge in [-0.2, -0.15) is 5.26 Å². The Morgan fingerprint density at radius 3 is 2.71 bits per heavy atom. The van der Waals surface area contributed by atoms with Gasteiger partial charge in [0.25, 0.3) is 0 Å². The molecule has 2 aliphatic rings. The van der Waals surface area contributed by atoms with Crippen molar-refractivity contribution in [1.82, 2.24) is 0 Å². The summed E-state index contributed by atoms with van der Waals surface area (Å²) >= 11 is 0. The second-order valence-electron chi connectivity index (χ2n) is 8.25. The van der Waals surface area contributed by atoms with Crippen LogP contribution in [0.2, 0.25) is 0 Å². The first kappa shape index (κ1) is 21.7. The van der Waals surface area contributed by atoms with E-state index in [2.05, 4.69) is 0 Å². The van der Waals surface area contributed by atoms with Crippen LogP contribution in [0, 0.1) is 23.0 Å². The number of halogens is 2. The number of nitriles is 1. The van der Waals surface area contributed by atoms with Crippen LogP contribution in [0.25, 0.3) is 0 Å². The van der Waals surface area contributed by atoms with Crippen molar-refractivity contribution in [2.24, 2.45) is 0 Å². The number of nitrogens with zero attached hydrogens (tertiary/aromatic N) is 1. The third-order valence-corrected chi connectivity index (χ3v) is 6.08. The molecule has 3 aromatic rings. The second-order valence-corrected chi connectivity index (χ2v) is 8.25. The van der Waals surface area contributed by atoms with E-state index in [1.54, 1.807) is 18.2 Å². The summed E-state index contributed by atoms with van der Waals surface area (Å²) in [6.45, 7) is 0.290. The average molecular weight is 463 g/mol. The number of benzene rings is 3. The number of carboxylic acid groups (broad SMARTS) is 1. The molecule has 0 bridgehead atoms. The number of rotatable bonds is 6. The molecule has 2 unspecified atom stereocenters. The highest BCUT2D eigenvalue weighted by atomic mass is 19.1. The number of ether oxygens (including phenoxy) is 3. The van der Waals surface area contributed by atoms with Crippen molar-refractivity contribution in [3.8, 4) is 29.1 Å². The fourth-order valence-corrected chi connectivity index (χ4v) is 4.50. The molecule has 0 saturated heterocycles. The van der Waals surface area contributed by atoms with Gasteiger partial charge in [0.2, 0.25) is 0 Å². The highest BCUT2D eigenvalue weighted by Gasteiger charge is 2.32. The lowest BCUT2D eigenvalue weighted by molar-refractivity contribution is -0.137. The number of hydrogen-bond acceptors (Lipinski definition) is 5. The highest BCUT2D eigenvalue weighted by Crippen LogP contribution is 2.44. The molecule has 1 N–H and O–H groups in total. The molecule has 1 heterocycles. The van der Waals surface area contributed by atoms with Gasteiger partial charge in [0, 0.05) is 28.7 Å². The fraction of sp³-hybridized carbons (Fsp3) is 0.231. The van der Waals surface area contributed by atoms with E-state index in [1.807, 2.05) is 6.07 Å². The molecule has 6 nitrogen and oxygen atoms in total. The van der Waals surface area contributed by atoms with Gasteiger partial charge in [-0.15, -0.1) is 0 Å². The molecule has 1 aliphatic carbocycles. The minimum atomic E-state index is -0.890. The molecule has 0 radical (unpaired) electrons. The number of carbonyl (C=O) groups is 1. The molecular weight excluding hydrogens is 444 g/mol. The van der Waals surface area contributed by atoms with Gasteiger partial charge in [-0.3, -0.25) is 4.79 Å². The Hall–Kier alpha value is -4.12. The molecule has 2 atom stereocenters. The number of aliphatic carboxylic acids is 1. The lowest BCUT2D eigenvalue weighted by Crippen LogP contribution is -2.07. The van der Waals surface area contributed by atoms with E-state index >= 15 is 0 Å². The third kappa shape index (κ3) is 4.01. The van der Waals surface area contributed by atoms with Gasteiger partial charge in [0.15, 0.2) is 11.6 Å². The summed E-state index contributed by atoms with van der Waals surface area (Å²) in [7, 11) is 0.